The van der Waals surface area contributed by atoms with Gasteiger partial charge in [-0.05, 0) is 20.8 Å². The van der Waals surface area contributed by atoms with Crippen molar-refractivity contribution in [2.45, 2.75) is 27.3 Å². The summed E-state index contributed by atoms with van der Waals surface area (Å²) in [5, 5.41) is 11.7. The molecule has 0 saturated heterocycles. The number of anilines is 1. The van der Waals surface area contributed by atoms with Crippen molar-refractivity contribution in [1.82, 2.24) is 20.1 Å². The fraction of sp³-hybridized carbons (Fsp3) is 0.429. The van der Waals surface area contributed by atoms with Gasteiger partial charge in [-0.1, -0.05) is 11.3 Å². The predicted molar refractivity (Wildman–Crippen MR) is 85.4 cm³/mol. The molecule has 0 bridgehead atoms. The molecule has 2 aromatic heterocycles. The number of rotatable bonds is 4. The van der Waals surface area contributed by atoms with E-state index in [9.17, 15) is 4.79 Å². The highest BCUT2D eigenvalue weighted by Gasteiger charge is 2.16. The summed E-state index contributed by atoms with van der Waals surface area (Å²) in [5.74, 6) is 0.804. The van der Waals surface area contributed by atoms with E-state index in [0.29, 0.717) is 11.7 Å². The van der Waals surface area contributed by atoms with E-state index in [1.54, 1.807) is 25.3 Å². The fourth-order valence-electron chi connectivity index (χ4n) is 2.06. The van der Waals surface area contributed by atoms with Gasteiger partial charge in [0.05, 0.1) is 19.3 Å². The second-order valence-corrected chi connectivity index (χ2v) is 6.14. The van der Waals surface area contributed by atoms with Crippen LogP contribution in [0, 0.1) is 20.8 Å². The molecule has 118 valence electrons. The summed E-state index contributed by atoms with van der Waals surface area (Å²) in [6.45, 7) is 6.10. The van der Waals surface area contributed by atoms with Crippen LogP contribution in [-0.4, -0.2) is 40.3 Å². The summed E-state index contributed by atoms with van der Waals surface area (Å²) in [4.78, 5) is 18.1. The van der Waals surface area contributed by atoms with Crippen LogP contribution in [0.4, 0.5) is 9.93 Å². The van der Waals surface area contributed by atoms with Gasteiger partial charge in [0.25, 0.3) is 0 Å². The van der Waals surface area contributed by atoms with Gasteiger partial charge in [0.2, 0.25) is 5.13 Å². The summed E-state index contributed by atoms with van der Waals surface area (Å²) in [5.41, 5.74) is 2.71. The van der Waals surface area contributed by atoms with E-state index in [2.05, 4.69) is 20.5 Å². The number of aryl methyl sites for hydroxylation is 2. The zero-order valence-electron chi connectivity index (χ0n) is 13.3. The Bertz CT molecular complexity index is 686. The Morgan fingerprint density at radius 1 is 1.36 bits per heavy atom. The molecule has 0 aliphatic heterocycles. The molecule has 0 radical (unpaired) electrons. The molecule has 1 N–H and O–H groups in total. The Kier molecular flexibility index (Phi) is 4.92. The third-order valence-electron chi connectivity index (χ3n) is 3.22. The fourth-order valence-corrected chi connectivity index (χ4v) is 2.64. The smallest absolute Gasteiger partial charge is 0.323 e. The molecular formula is C14H19N5O2S. The highest BCUT2D eigenvalue weighted by Crippen LogP contribution is 2.24. The summed E-state index contributed by atoms with van der Waals surface area (Å²) >= 11 is 1.33. The van der Waals surface area contributed by atoms with E-state index in [4.69, 9.17) is 4.74 Å². The largest absolute Gasteiger partial charge is 0.496 e. The molecule has 0 atom stereocenters. The van der Waals surface area contributed by atoms with Crippen LogP contribution in [0.3, 0.4) is 0 Å². The number of hydrogen-bond donors (Lipinski definition) is 1. The number of carbonyl (C=O) groups excluding carboxylic acids is 1. The number of nitrogens with zero attached hydrogens (tertiary/aromatic N) is 4. The molecule has 0 saturated carbocycles. The Labute approximate surface area is 133 Å². The molecule has 2 heterocycles. The maximum Gasteiger partial charge on any atom is 0.323 e. The lowest BCUT2D eigenvalue weighted by Gasteiger charge is -2.19. The number of methoxy groups -OCH3 is 1. The number of ether oxygens (including phenoxy) is 1. The van der Waals surface area contributed by atoms with Crippen molar-refractivity contribution in [2.24, 2.45) is 0 Å². The van der Waals surface area contributed by atoms with Gasteiger partial charge in [-0.15, -0.1) is 10.2 Å². The average Bonchev–Trinajstić information content (AvgIpc) is 2.87. The molecule has 22 heavy (non-hydrogen) atoms. The minimum absolute atomic E-state index is 0.253. The molecular weight excluding hydrogens is 302 g/mol. The number of carbonyl (C=O) groups is 1. The maximum absolute atomic E-state index is 12.2. The second-order valence-electron chi connectivity index (χ2n) is 4.96. The van der Waals surface area contributed by atoms with Crippen molar-refractivity contribution in [3.8, 4) is 5.75 Å². The summed E-state index contributed by atoms with van der Waals surface area (Å²) in [6, 6.07) is -0.253. The quantitative estimate of drug-likeness (QED) is 0.936. The first-order valence-electron chi connectivity index (χ1n) is 6.73. The Hall–Kier alpha value is -2.22. The van der Waals surface area contributed by atoms with Crippen molar-refractivity contribution in [3.05, 3.63) is 28.0 Å². The van der Waals surface area contributed by atoms with Crippen LogP contribution in [0.5, 0.6) is 5.75 Å². The van der Waals surface area contributed by atoms with Crippen LogP contribution in [0.1, 0.15) is 21.8 Å². The van der Waals surface area contributed by atoms with Crippen molar-refractivity contribution in [3.63, 3.8) is 0 Å². The van der Waals surface area contributed by atoms with Crippen LogP contribution in [0.2, 0.25) is 0 Å². The van der Waals surface area contributed by atoms with E-state index in [0.717, 1.165) is 27.6 Å². The number of hydrogen-bond acceptors (Lipinski definition) is 6. The van der Waals surface area contributed by atoms with Gasteiger partial charge in [0, 0.05) is 24.4 Å². The topological polar surface area (TPSA) is 80.2 Å². The van der Waals surface area contributed by atoms with Crippen molar-refractivity contribution in [2.75, 3.05) is 19.5 Å². The minimum atomic E-state index is -0.253. The lowest BCUT2D eigenvalue weighted by molar-refractivity contribution is 0.220. The molecule has 2 rings (SSSR count). The number of urea groups is 1. The Balaban J connectivity index is 2.08. The highest BCUT2D eigenvalue weighted by molar-refractivity contribution is 7.15. The molecule has 8 heteroatoms. The predicted octanol–water partition coefficient (Wildman–Crippen LogP) is 2.53. The standard InChI is InChI=1S/C14H19N5O2S/c1-8-6-15-11(9(2)12(8)21-5)7-19(4)14(20)16-13-18-17-10(3)22-13/h6H,7H2,1-5H3,(H,16,18,20). The third kappa shape index (κ3) is 3.51. The molecule has 0 fully saturated rings. The summed E-state index contributed by atoms with van der Waals surface area (Å²) in [6.07, 6.45) is 1.75. The number of amides is 2. The first-order chi connectivity index (χ1) is 10.4. The Morgan fingerprint density at radius 2 is 2.09 bits per heavy atom. The van der Waals surface area contributed by atoms with Crippen LogP contribution in [-0.2, 0) is 6.54 Å². The molecule has 2 aromatic rings. The maximum atomic E-state index is 12.2. The molecule has 2 amide bonds. The van der Waals surface area contributed by atoms with E-state index in [1.165, 1.54) is 11.3 Å². The summed E-state index contributed by atoms with van der Waals surface area (Å²) < 4.78 is 5.38. The second kappa shape index (κ2) is 6.69. The minimum Gasteiger partial charge on any atom is -0.496 e. The Morgan fingerprint density at radius 3 is 2.68 bits per heavy atom. The van der Waals surface area contributed by atoms with Crippen LogP contribution >= 0.6 is 11.3 Å². The van der Waals surface area contributed by atoms with Gasteiger partial charge in [-0.25, -0.2) is 4.79 Å². The lowest BCUT2D eigenvalue weighted by Crippen LogP contribution is -2.31. The normalized spacial score (nSPS) is 10.4. The monoisotopic (exact) mass is 321 g/mol. The molecule has 0 aliphatic carbocycles. The first kappa shape index (κ1) is 16.2. The first-order valence-corrected chi connectivity index (χ1v) is 7.55. The van der Waals surface area contributed by atoms with Gasteiger partial charge in [-0.3, -0.25) is 10.3 Å². The van der Waals surface area contributed by atoms with Gasteiger partial charge in [0.1, 0.15) is 10.8 Å². The zero-order valence-corrected chi connectivity index (χ0v) is 14.1. The van der Waals surface area contributed by atoms with Crippen LogP contribution < -0.4 is 10.1 Å². The molecule has 7 nitrogen and oxygen atoms in total. The lowest BCUT2D eigenvalue weighted by atomic mass is 10.1. The van der Waals surface area contributed by atoms with Gasteiger partial charge in [0.15, 0.2) is 0 Å². The number of aromatic nitrogens is 3. The van der Waals surface area contributed by atoms with Crippen LogP contribution in [0.25, 0.3) is 0 Å². The van der Waals surface area contributed by atoms with Gasteiger partial charge >= 0.3 is 6.03 Å². The van der Waals surface area contributed by atoms with E-state index >= 15 is 0 Å². The number of pyridine rings is 1. The summed E-state index contributed by atoms with van der Waals surface area (Å²) in [7, 11) is 3.34. The van der Waals surface area contributed by atoms with Crippen LogP contribution in [0.15, 0.2) is 6.20 Å². The molecule has 0 aliphatic rings. The molecule has 0 spiro atoms. The van der Waals surface area contributed by atoms with Crippen molar-refractivity contribution >= 4 is 22.5 Å². The molecule has 0 aromatic carbocycles. The third-order valence-corrected chi connectivity index (χ3v) is 3.98. The van der Waals surface area contributed by atoms with Gasteiger partial charge in [-0.2, -0.15) is 0 Å². The number of nitrogens with one attached hydrogen (secondary N) is 1. The SMILES string of the molecule is COc1c(C)cnc(CN(C)C(=O)Nc2nnc(C)s2)c1C. The highest BCUT2D eigenvalue weighted by atomic mass is 32.1. The van der Waals surface area contributed by atoms with Gasteiger partial charge < -0.3 is 9.64 Å². The van der Waals surface area contributed by atoms with E-state index in [1.807, 2.05) is 20.8 Å². The average molecular weight is 321 g/mol. The zero-order chi connectivity index (χ0) is 16.3. The molecule has 0 unspecified atom stereocenters. The van der Waals surface area contributed by atoms with Crippen molar-refractivity contribution < 1.29 is 9.53 Å². The van der Waals surface area contributed by atoms with E-state index in [-0.39, 0.29) is 6.03 Å². The van der Waals surface area contributed by atoms with Crippen molar-refractivity contribution in [1.29, 1.82) is 0 Å². The van der Waals surface area contributed by atoms with E-state index < -0.39 is 0 Å².